The first-order valence-electron chi connectivity index (χ1n) is 6.60. The van der Waals surface area contributed by atoms with E-state index >= 15 is 0 Å². The number of rotatable bonds is 2. The van der Waals surface area contributed by atoms with Crippen LogP contribution in [-0.2, 0) is 7.05 Å². The standard InChI is InChI=1S/C15H12N6/c1-20-10-12(8-17-20)14-4-7-21-15(19-14)13(9-18-21)11-2-5-16-6-3-11/h2-10H,1H3/p+1. The topological polar surface area (TPSA) is 62.8 Å². The van der Waals surface area contributed by atoms with E-state index in [-0.39, 0.29) is 0 Å². The maximum absolute atomic E-state index is 4.74. The van der Waals surface area contributed by atoms with Crippen molar-refractivity contribution in [3.8, 4) is 22.4 Å². The molecular weight excluding hydrogens is 264 g/mol. The second-order valence-corrected chi connectivity index (χ2v) is 4.84. The van der Waals surface area contributed by atoms with Gasteiger partial charge in [-0.25, -0.2) is 9.50 Å². The minimum absolute atomic E-state index is 0.836. The molecule has 0 aliphatic heterocycles. The highest BCUT2D eigenvalue weighted by Gasteiger charge is 2.11. The summed E-state index contributed by atoms with van der Waals surface area (Å²) in [6.45, 7) is 0. The molecule has 4 rings (SSSR count). The quantitative estimate of drug-likeness (QED) is 0.566. The number of aryl methyl sites for hydroxylation is 1. The van der Waals surface area contributed by atoms with Crippen LogP contribution in [0.25, 0.3) is 28.0 Å². The van der Waals surface area contributed by atoms with E-state index in [9.17, 15) is 0 Å². The minimum Gasteiger partial charge on any atom is -0.265 e. The molecule has 0 aliphatic rings. The molecule has 0 unspecified atom stereocenters. The number of pyridine rings is 1. The van der Waals surface area contributed by atoms with E-state index < -0.39 is 0 Å². The number of nitrogens with zero attached hydrogens (tertiary/aromatic N) is 5. The summed E-state index contributed by atoms with van der Waals surface area (Å²) in [5.41, 5.74) is 4.85. The van der Waals surface area contributed by atoms with Gasteiger partial charge in [-0.1, -0.05) is 0 Å². The second-order valence-electron chi connectivity index (χ2n) is 4.84. The summed E-state index contributed by atoms with van der Waals surface area (Å²) in [6.07, 6.45) is 11.2. The minimum atomic E-state index is 0.836. The Balaban J connectivity index is 1.90. The maximum Gasteiger partial charge on any atom is 0.204 e. The molecule has 0 atom stereocenters. The van der Waals surface area contributed by atoms with Gasteiger partial charge in [0.15, 0.2) is 12.7 Å². The third-order valence-electron chi connectivity index (χ3n) is 3.41. The van der Waals surface area contributed by atoms with Crippen LogP contribution in [0.4, 0.5) is 0 Å². The molecule has 0 bridgehead atoms. The molecule has 0 aliphatic carbocycles. The number of aromatic amines is 1. The maximum atomic E-state index is 4.74. The molecule has 0 saturated heterocycles. The van der Waals surface area contributed by atoms with Crippen LogP contribution < -0.4 is 4.68 Å². The SMILES string of the molecule is C[n+]1cc(-c2ccn3ncc(-c4ccncc4)c3n2)c[nH]1. The van der Waals surface area contributed by atoms with E-state index in [4.69, 9.17) is 4.98 Å². The molecule has 6 heteroatoms. The Labute approximate surface area is 120 Å². The van der Waals surface area contributed by atoms with Gasteiger partial charge >= 0.3 is 0 Å². The molecule has 1 N–H and O–H groups in total. The lowest BCUT2D eigenvalue weighted by Gasteiger charge is -2.00. The number of hydrogen-bond donors (Lipinski definition) is 1. The van der Waals surface area contributed by atoms with Gasteiger partial charge < -0.3 is 0 Å². The van der Waals surface area contributed by atoms with Gasteiger partial charge in [-0.2, -0.15) is 10.2 Å². The third-order valence-corrected chi connectivity index (χ3v) is 3.41. The van der Waals surface area contributed by atoms with Crippen LogP contribution in [0.2, 0.25) is 0 Å². The van der Waals surface area contributed by atoms with Gasteiger partial charge in [-0.3, -0.25) is 4.98 Å². The Hall–Kier alpha value is -3.02. The van der Waals surface area contributed by atoms with Crippen molar-refractivity contribution in [3.05, 3.63) is 55.4 Å². The fraction of sp³-hybridized carbons (Fsp3) is 0.0667. The summed E-state index contributed by atoms with van der Waals surface area (Å²) in [4.78, 5) is 8.79. The van der Waals surface area contributed by atoms with Crippen molar-refractivity contribution in [2.24, 2.45) is 7.05 Å². The van der Waals surface area contributed by atoms with E-state index in [1.54, 1.807) is 16.9 Å². The van der Waals surface area contributed by atoms with Crippen LogP contribution in [0.15, 0.2) is 55.4 Å². The van der Waals surface area contributed by atoms with Crippen molar-refractivity contribution in [1.82, 2.24) is 24.7 Å². The first kappa shape index (κ1) is 11.8. The second kappa shape index (κ2) is 4.52. The first-order chi connectivity index (χ1) is 10.3. The van der Waals surface area contributed by atoms with Crippen LogP contribution in [0.3, 0.4) is 0 Å². The molecule has 6 nitrogen and oxygen atoms in total. The van der Waals surface area contributed by atoms with Gasteiger partial charge in [0, 0.05) is 24.2 Å². The summed E-state index contributed by atoms with van der Waals surface area (Å²) in [5.74, 6) is 0. The van der Waals surface area contributed by atoms with Gasteiger partial charge in [0.25, 0.3) is 0 Å². The predicted molar refractivity (Wildman–Crippen MR) is 77.2 cm³/mol. The molecule has 102 valence electrons. The average molecular weight is 277 g/mol. The van der Waals surface area contributed by atoms with E-state index in [0.717, 1.165) is 28.0 Å². The molecule has 0 aromatic carbocycles. The van der Waals surface area contributed by atoms with E-state index in [1.165, 1.54) is 0 Å². The van der Waals surface area contributed by atoms with Gasteiger partial charge in [-0.15, -0.1) is 4.68 Å². The lowest BCUT2D eigenvalue weighted by Crippen LogP contribution is -2.27. The van der Waals surface area contributed by atoms with E-state index in [1.807, 2.05) is 54.7 Å². The summed E-state index contributed by atoms with van der Waals surface area (Å²) >= 11 is 0. The Morgan fingerprint density at radius 1 is 1.14 bits per heavy atom. The highest BCUT2D eigenvalue weighted by Crippen LogP contribution is 2.24. The molecule has 0 fully saturated rings. The summed E-state index contributed by atoms with van der Waals surface area (Å²) < 4.78 is 3.67. The van der Waals surface area contributed by atoms with Crippen molar-refractivity contribution < 1.29 is 4.68 Å². The van der Waals surface area contributed by atoms with Crippen LogP contribution in [0.5, 0.6) is 0 Å². The number of H-pyrrole nitrogens is 1. The highest BCUT2D eigenvalue weighted by atomic mass is 15.3. The van der Waals surface area contributed by atoms with E-state index in [0.29, 0.717) is 0 Å². The lowest BCUT2D eigenvalue weighted by molar-refractivity contribution is -0.726. The van der Waals surface area contributed by atoms with Crippen molar-refractivity contribution in [2.45, 2.75) is 0 Å². The Bertz CT molecular complexity index is 906. The van der Waals surface area contributed by atoms with Crippen LogP contribution in [0.1, 0.15) is 0 Å². The first-order valence-corrected chi connectivity index (χ1v) is 6.60. The summed E-state index contributed by atoms with van der Waals surface area (Å²) in [6, 6.07) is 5.88. The summed E-state index contributed by atoms with van der Waals surface area (Å²) in [7, 11) is 1.95. The van der Waals surface area contributed by atoms with E-state index in [2.05, 4.69) is 15.2 Å². The number of nitrogens with one attached hydrogen (secondary N) is 1. The van der Waals surface area contributed by atoms with Gasteiger partial charge in [0.2, 0.25) is 6.20 Å². The van der Waals surface area contributed by atoms with Crippen molar-refractivity contribution in [3.63, 3.8) is 0 Å². The fourth-order valence-electron chi connectivity index (χ4n) is 2.36. The largest absolute Gasteiger partial charge is 0.265 e. The third kappa shape index (κ3) is 1.97. The van der Waals surface area contributed by atoms with Crippen molar-refractivity contribution >= 4 is 5.65 Å². The smallest absolute Gasteiger partial charge is 0.204 e. The molecule has 0 spiro atoms. The molecule has 4 aromatic heterocycles. The zero-order chi connectivity index (χ0) is 14.2. The molecule has 0 amide bonds. The van der Waals surface area contributed by atoms with Crippen molar-refractivity contribution in [1.29, 1.82) is 0 Å². The molecule has 4 heterocycles. The average Bonchev–Trinajstić information content (AvgIpc) is 3.13. The fourth-order valence-corrected chi connectivity index (χ4v) is 2.36. The number of hydrogen-bond acceptors (Lipinski definition) is 3. The van der Waals surface area contributed by atoms with Crippen LogP contribution in [0, 0.1) is 0 Å². The zero-order valence-corrected chi connectivity index (χ0v) is 11.4. The van der Waals surface area contributed by atoms with Gasteiger partial charge in [-0.05, 0) is 23.8 Å². The monoisotopic (exact) mass is 277 g/mol. The molecular formula is C15H13N6+. The van der Waals surface area contributed by atoms with Gasteiger partial charge in [0.1, 0.15) is 0 Å². The van der Waals surface area contributed by atoms with Gasteiger partial charge in [0.05, 0.1) is 23.7 Å². The predicted octanol–water partition coefficient (Wildman–Crippen LogP) is 1.61. The van der Waals surface area contributed by atoms with Crippen LogP contribution in [-0.4, -0.2) is 24.7 Å². The molecule has 4 aromatic rings. The molecule has 21 heavy (non-hydrogen) atoms. The molecule has 0 radical (unpaired) electrons. The Kier molecular flexibility index (Phi) is 2.53. The van der Waals surface area contributed by atoms with Crippen LogP contribution >= 0.6 is 0 Å². The zero-order valence-electron chi connectivity index (χ0n) is 11.4. The number of fused-ring (bicyclic) bond motifs is 1. The Morgan fingerprint density at radius 3 is 2.76 bits per heavy atom. The summed E-state index contributed by atoms with van der Waals surface area (Å²) in [5, 5.41) is 7.46. The normalized spacial score (nSPS) is 11.1. The lowest BCUT2D eigenvalue weighted by atomic mass is 10.1. The van der Waals surface area contributed by atoms with Crippen molar-refractivity contribution in [2.75, 3.05) is 0 Å². The Morgan fingerprint density at radius 2 is 2.00 bits per heavy atom. The number of aromatic nitrogens is 6. The molecule has 0 saturated carbocycles. The highest BCUT2D eigenvalue weighted by molar-refractivity contribution is 5.77.